The third kappa shape index (κ3) is 1.23. The van der Waals surface area contributed by atoms with Gasteiger partial charge in [-0.2, -0.15) is 0 Å². The van der Waals surface area contributed by atoms with Gasteiger partial charge in [0.15, 0.2) is 0 Å². The Morgan fingerprint density at radius 3 is 2.75 bits per heavy atom. The van der Waals surface area contributed by atoms with Crippen LogP contribution in [0.25, 0.3) is 10.9 Å². The van der Waals surface area contributed by atoms with E-state index in [-0.39, 0.29) is 0 Å². The van der Waals surface area contributed by atoms with E-state index in [0.717, 1.165) is 15.8 Å². The highest BCUT2D eigenvalue weighted by Crippen LogP contribution is 2.17. The first-order chi connectivity index (χ1) is 5.75. The molecule has 60 valence electrons. The molecule has 1 aromatic carbocycles. The summed E-state index contributed by atoms with van der Waals surface area (Å²) in [7, 11) is 0. The van der Waals surface area contributed by atoms with Gasteiger partial charge in [-0.1, -0.05) is 6.07 Å². The lowest BCUT2D eigenvalue weighted by molar-refractivity contribution is 1.38. The van der Waals surface area contributed by atoms with Crippen molar-refractivity contribution in [3.63, 3.8) is 0 Å². The first-order valence-electron chi connectivity index (χ1n) is 3.61. The minimum atomic E-state index is 0.543. The number of anilines is 1. The van der Waals surface area contributed by atoms with Crippen LogP contribution in [0, 0.1) is 0 Å². The summed E-state index contributed by atoms with van der Waals surface area (Å²) in [6.45, 7) is 0. The van der Waals surface area contributed by atoms with Gasteiger partial charge in [0.2, 0.25) is 0 Å². The Morgan fingerprint density at radius 1 is 1.17 bits per heavy atom. The lowest BCUT2D eigenvalue weighted by atomic mass is 10.2. The topological polar surface area (TPSA) is 38.9 Å². The number of benzene rings is 1. The third-order valence-electron chi connectivity index (χ3n) is 1.70. The summed E-state index contributed by atoms with van der Waals surface area (Å²) in [6.07, 6.45) is 0. The fourth-order valence-corrected chi connectivity index (χ4v) is 1.32. The molecule has 1 aromatic heterocycles. The van der Waals surface area contributed by atoms with Gasteiger partial charge in [-0.05, 0) is 24.3 Å². The van der Waals surface area contributed by atoms with Gasteiger partial charge in [-0.25, -0.2) is 4.98 Å². The number of thiol groups is 1. The highest BCUT2D eigenvalue weighted by molar-refractivity contribution is 7.80. The van der Waals surface area contributed by atoms with Gasteiger partial charge in [-0.3, -0.25) is 0 Å². The molecule has 3 heteroatoms. The quantitative estimate of drug-likeness (QED) is 0.603. The van der Waals surface area contributed by atoms with E-state index in [4.69, 9.17) is 5.73 Å². The average molecular weight is 176 g/mol. The van der Waals surface area contributed by atoms with Gasteiger partial charge < -0.3 is 5.73 Å². The summed E-state index contributed by atoms with van der Waals surface area (Å²) in [5.74, 6) is 0.543. The molecule has 12 heavy (non-hydrogen) atoms. The first-order valence-corrected chi connectivity index (χ1v) is 4.06. The van der Waals surface area contributed by atoms with Crippen LogP contribution in [0.1, 0.15) is 0 Å². The number of nitrogen functional groups attached to an aromatic ring is 1. The molecule has 0 bridgehead atoms. The summed E-state index contributed by atoms with van der Waals surface area (Å²) in [4.78, 5) is 5.07. The summed E-state index contributed by atoms with van der Waals surface area (Å²) in [5.41, 5.74) is 6.43. The average Bonchev–Trinajstić information content (AvgIpc) is 2.03. The Hall–Kier alpha value is -1.22. The Kier molecular flexibility index (Phi) is 1.66. The summed E-state index contributed by atoms with van der Waals surface area (Å²) in [6, 6.07) is 9.55. The number of hydrogen-bond donors (Lipinski definition) is 2. The number of pyridine rings is 1. The van der Waals surface area contributed by atoms with Gasteiger partial charge in [0.25, 0.3) is 0 Å². The predicted octanol–water partition coefficient (Wildman–Crippen LogP) is 2.11. The zero-order valence-corrected chi connectivity index (χ0v) is 7.25. The second-order valence-corrected chi connectivity index (χ2v) is 3.13. The maximum Gasteiger partial charge on any atom is 0.124 e. The van der Waals surface area contributed by atoms with Crippen LogP contribution in [-0.2, 0) is 0 Å². The van der Waals surface area contributed by atoms with E-state index in [1.165, 1.54) is 0 Å². The monoisotopic (exact) mass is 176 g/mol. The van der Waals surface area contributed by atoms with Crippen molar-refractivity contribution >= 4 is 29.3 Å². The van der Waals surface area contributed by atoms with Gasteiger partial charge in [-0.15, -0.1) is 12.6 Å². The fraction of sp³-hybridized carbons (Fsp3) is 0. The molecule has 0 saturated heterocycles. The fourth-order valence-electron chi connectivity index (χ4n) is 1.12. The van der Waals surface area contributed by atoms with Gasteiger partial charge in [0.05, 0.1) is 5.52 Å². The van der Waals surface area contributed by atoms with Crippen LogP contribution in [0.4, 0.5) is 5.82 Å². The number of hydrogen-bond acceptors (Lipinski definition) is 3. The van der Waals surface area contributed by atoms with Crippen molar-refractivity contribution < 1.29 is 0 Å². The molecule has 0 atom stereocenters. The molecule has 1 heterocycles. The van der Waals surface area contributed by atoms with Crippen LogP contribution in [0.2, 0.25) is 0 Å². The van der Waals surface area contributed by atoms with Crippen LogP contribution in [0.3, 0.4) is 0 Å². The highest BCUT2D eigenvalue weighted by Gasteiger charge is 1.94. The molecule has 2 nitrogen and oxygen atoms in total. The third-order valence-corrected chi connectivity index (χ3v) is 1.98. The largest absolute Gasteiger partial charge is 0.384 e. The van der Waals surface area contributed by atoms with Crippen molar-refractivity contribution in [2.45, 2.75) is 4.90 Å². The van der Waals surface area contributed by atoms with Crippen molar-refractivity contribution in [1.82, 2.24) is 4.98 Å². The van der Waals surface area contributed by atoms with Crippen molar-refractivity contribution in [2.75, 3.05) is 5.73 Å². The molecule has 2 aromatic rings. The maximum atomic E-state index is 5.54. The van der Waals surface area contributed by atoms with Crippen molar-refractivity contribution in [3.05, 3.63) is 30.3 Å². The zero-order valence-electron chi connectivity index (χ0n) is 6.36. The number of fused-ring (bicyclic) bond motifs is 1. The van der Waals surface area contributed by atoms with E-state index >= 15 is 0 Å². The van der Waals surface area contributed by atoms with Crippen LogP contribution in [0.5, 0.6) is 0 Å². The normalized spacial score (nSPS) is 10.4. The number of nitrogens with zero attached hydrogens (tertiary/aromatic N) is 1. The van der Waals surface area contributed by atoms with E-state index < -0.39 is 0 Å². The molecule has 0 radical (unpaired) electrons. The smallest absolute Gasteiger partial charge is 0.124 e. The lowest BCUT2D eigenvalue weighted by Crippen LogP contribution is -1.89. The Morgan fingerprint density at radius 2 is 1.92 bits per heavy atom. The van der Waals surface area contributed by atoms with E-state index in [1.54, 1.807) is 6.07 Å². The van der Waals surface area contributed by atoms with Gasteiger partial charge in [0.1, 0.15) is 5.82 Å². The lowest BCUT2D eigenvalue weighted by Gasteiger charge is -1.98. The van der Waals surface area contributed by atoms with Gasteiger partial charge in [0, 0.05) is 10.3 Å². The predicted molar refractivity (Wildman–Crippen MR) is 53.4 cm³/mol. The van der Waals surface area contributed by atoms with Crippen LogP contribution in [0.15, 0.2) is 35.2 Å². The first kappa shape index (κ1) is 7.43. The van der Waals surface area contributed by atoms with E-state index in [9.17, 15) is 0 Å². The molecule has 2 N–H and O–H groups in total. The molecule has 2 rings (SSSR count). The SMILES string of the molecule is Nc1ccc2ccc(S)cc2n1. The second-order valence-electron chi connectivity index (χ2n) is 2.61. The summed E-state index contributed by atoms with van der Waals surface area (Å²) >= 11 is 4.21. The zero-order chi connectivity index (χ0) is 8.55. The molecule has 0 aliphatic heterocycles. The molecule has 0 amide bonds. The van der Waals surface area contributed by atoms with E-state index in [2.05, 4.69) is 17.6 Å². The van der Waals surface area contributed by atoms with Crippen LogP contribution < -0.4 is 5.73 Å². The molecule has 0 unspecified atom stereocenters. The van der Waals surface area contributed by atoms with Gasteiger partial charge >= 0.3 is 0 Å². The molecule has 0 fully saturated rings. The maximum absolute atomic E-state index is 5.54. The number of aromatic nitrogens is 1. The van der Waals surface area contributed by atoms with Crippen LogP contribution >= 0.6 is 12.6 Å². The van der Waals surface area contributed by atoms with E-state index in [0.29, 0.717) is 5.82 Å². The van der Waals surface area contributed by atoms with E-state index in [1.807, 2.05) is 24.3 Å². The molecule has 0 spiro atoms. The molecule has 0 saturated carbocycles. The molecule has 0 aliphatic rings. The highest BCUT2D eigenvalue weighted by atomic mass is 32.1. The molecular formula is C9H8N2S. The summed E-state index contributed by atoms with van der Waals surface area (Å²) < 4.78 is 0. The minimum Gasteiger partial charge on any atom is -0.384 e. The van der Waals surface area contributed by atoms with Crippen molar-refractivity contribution in [1.29, 1.82) is 0 Å². The Bertz CT molecular complexity index is 389. The number of rotatable bonds is 0. The van der Waals surface area contributed by atoms with Crippen molar-refractivity contribution in [2.24, 2.45) is 0 Å². The summed E-state index contributed by atoms with van der Waals surface area (Å²) in [5, 5.41) is 1.09. The molecular weight excluding hydrogens is 168 g/mol. The second kappa shape index (κ2) is 2.68. The number of nitrogens with two attached hydrogens (primary N) is 1. The Balaban J connectivity index is 2.80. The Labute approximate surface area is 75.8 Å². The standard InChI is InChI=1S/C9H8N2S/c10-9-4-2-6-1-3-7(12)5-8(6)11-9/h1-5,12H,(H2,10,11). The molecule has 0 aliphatic carbocycles. The minimum absolute atomic E-state index is 0.543. The van der Waals surface area contributed by atoms with Crippen LogP contribution in [-0.4, -0.2) is 4.98 Å². The van der Waals surface area contributed by atoms with Crippen molar-refractivity contribution in [3.8, 4) is 0 Å².